The van der Waals surface area contributed by atoms with Crippen molar-refractivity contribution in [1.82, 2.24) is 35.3 Å². The molecule has 9 nitrogen and oxygen atoms in total. The van der Waals surface area contributed by atoms with Gasteiger partial charge in [0.05, 0.1) is 5.69 Å². The number of rotatable bonds is 8. The largest absolute Gasteiger partial charge is 0.470 e. The summed E-state index contributed by atoms with van der Waals surface area (Å²) >= 11 is 0. The molecular formula is C27H23N7O2. The molecule has 2 aromatic carbocycles. The van der Waals surface area contributed by atoms with Crippen molar-refractivity contribution in [2.24, 2.45) is 0 Å². The predicted molar refractivity (Wildman–Crippen MR) is 134 cm³/mol. The van der Waals surface area contributed by atoms with Gasteiger partial charge in [0.15, 0.2) is 11.3 Å². The molecule has 0 spiro atoms. The molecule has 0 amide bonds. The number of hydrogen-bond donors (Lipinski definition) is 1. The molecule has 0 atom stereocenters. The summed E-state index contributed by atoms with van der Waals surface area (Å²) in [5.74, 6) is 1.64. The molecule has 0 radical (unpaired) electrons. The van der Waals surface area contributed by atoms with Gasteiger partial charge in [-0.2, -0.15) is 4.52 Å². The molecule has 0 aliphatic rings. The molecule has 0 bridgehead atoms. The van der Waals surface area contributed by atoms with Gasteiger partial charge in [0.1, 0.15) is 12.4 Å². The molecule has 1 N–H and O–H groups in total. The van der Waals surface area contributed by atoms with Crippen LogP contribution >= 0.6 is 0 Å². The quantitative estimate of drug-likeness (QED) is 0.342. The summed E-state index contributed by atoms with van der Waals surface area (Å²) in [4.78, 5) is 4.57. The lowest BCUT2D eigenvalue weighted by molar-refractivity contribution is 0.289. The third-order valence-electron chi connectivity index (χ3n) is 5.83. The summed E-state index contributed by atoms with van der Waals surface area (Å²) in [7, 11) is 0. The molecule has 0 saturated carbocycles. The van der Waals surface area contributed by atoms with Gasteiger partial charge in [0.2, 0.25) is 11.7 Å². The summed E-state index contributed by atoms with van der Waals surface area (Å²) in [6, 6.07) is 24.0. The molecule has 6 rings (SSSR count). The van der Waals surface area contributed by atoms with Crippen LogP contribution in [0.25, 0.3) is 27.9 Å². The monoisotopic (exact) mass is 477 g/mol. The minimum Gasteiger partial charge on any atom is -0.470 e. The third kappa shape index (κ3) is 4.39. The molecule has 0 saturated heterocycles. The SMILES string of the molecule is Cc1cc(-c2nnc3c4ccccc4c(OCc4ccc(CNCc5ccccc5)cn4)nn23)no1. The fourth-order valence-corrected chi connectivity index (χ4v) is 4.02. The Morgan fingerprint density at radius 3 is 2.47 bits per heavy atom. The topological polar surface area (TPSA) is 103 Å². The maximum Gasteiger partial charge on any atom is 0.240 e. The normalized spacial score (nSPS) is 11.4. The van der Waals surface area contributed by atoms with E-state index < -0.39 is 0 Å². The second-order valence-electron chi connectivity index (χ2n) is 8.47. The van der Waals surface area contributed by atoms with Crippen LogP contribution in [0, 0.1) is 6.92 Å². The van der Waals surface area contributed by atoms with Crippen molar-refractivity contribution in [1.29, 1.82) is 0 Å². The highest BCUT2D eigenvalue weighted by molar-refractivity contribution is 5.96. The van der Waals surface area contributed by atoms with Gasteiger partial charge in [0.25, 0.3) is 0 Å². The Labute approximate surface area is 206 Å². The number of aryl methyl sites for hydroxylation is 1. The molecular weight excluding hydrogens is 454 g/mol. The number of hydrogen-bond acceptors (Lipinski definition) is 8. The van der Waals surface area contributed by atoms with Crippen molar-refractivity contribution in [3.8, 4) is 17.4 Å². The molecule has 0 aliphatic heterocycles. The minimum atomic E-state index is 0.279. The van der Waals surface area contributed by atoms with Gasteiger partial charge in [-0.15, -0.1) is 15.3 Å². The first kappa shape index (κ1) is 21.9. The summed E-state index contributed by atoms with van der Waals surface area (Å²) in [6.45, 7) is 3.66. The lowest BCUT2D eigenvalue weighted by Gasteiger charge is -2.10. The van der Waals surface area contributed by atoms with Crippen molar-refractivity contribution in [3.63, 3.8) is 0 Å². The van der Waals surface area contributed by atoms with Crippen LogP contribution in [0.1, 0.15) is 22.6 Å². The first-order valence-electron chi connectivity index (χ1n) is 11.6. The van der Waals surface area contributed by atoms with E-state index in [9.17, 15) is 0 Å². The zero-order valence-corrected chi connectivity index (χ0v) is 19.6. The van der Waals surface area contributed by atoms with E-state index >= 15 is 0 Å². The molecule has 4 heterocycles. The molecule has 9 heteroatoms. The summed E-state index contributed by atoms with van der Waals surface area (Å²) < 4.78 is 13.0. The van der Waals surface area contributed by atoms with Crippen molar-refractivity contribution in [2.75, 3.05) is 0 Å². The Morgan fingerprint density at radius 2 is 1.69 bits per heavy atom. The molecule has 0 unspecified atom stereocenters. The Hall–Kier alpha value is -4.63. The highest BCUT2D eigenvalue weighted by Crippen LogP contribution is 2.29. The number of nitrogens with one attached hydrogen (secondary N) is 1. The van der Waals surface area contributed by atoms with Crippen LogP contribution in [0.5, 0.6) is 5.88 Å². The molecule has 4 aromatic heterocycles. The van der Waals surface area contributed by atoms with Crippen LogP contribution in [0.3, 0.4) is 0 Å². The van der Waals surface area contributed by atoms with Crippen LogP contribution in [0.4, 0.5) is 0 Å². The second-order valence-corrected chi connectivity index (χ2v) is 8.47. The summed E-state index contributed by atoms with van der Waals surface area (Å²) in [5, 5.41) is 22.6. The van der Waals surface area contributed by atoms with E-state index in [1.54, 1.807) is 10.6 Å². The first-order valence-corrected chi connectivity index (χ1v) is 11.6. The van der Waals surface area contributed by atoms with Gasteiger partial charge in [-0.1, -0.05) is 59.8 Å². The number of ether oxygens (including phenoxy) is 1. The average Bonchev–Trinajstić information content (AvgIpc) is 3.54. The fraction of sp³-hybridized carbons (Fsp3) is 0.148. The van der Waals surface area contributed by atoms with Crippen molar-refractivity contribution in [2.45, 2.75) is 26.6 Å². The van der Waals surface area contributed by atoms with E-state index in [4.69, 9.17) is 14.4 Å². The highest BCUT2D eigenvalue weighted by atomic mass is 16.5. The van der Waals surface area contributed by atoms with Gasteiger partial charge in [-0.25, -0.2) is 0 Å². The Balaban J connectivity index is 1.20. The molecule has 36 heavy (non-hydrogen) atoms. The predicted octanol–water partition coefficient (Wildman–Crippen LogP) is 4.50. The van der Waals surface area contributed by atoms with Crippen molar-refractivity contribution in [3.05, 3.63) is 102 Å². The molecule has 6 aromatic rings. The van der Waals surface area contributed by atoms with Crippen LogP contribution in [-0.4, -0.2) is 30.0 Å². The fourth-order valence-electron chi connectivity index (χ4n) is 4.02. The molecule has 178 valence electrons. The maximum absolute atomic E-state index is 6.15. The van der Waals surface area contributed by atoms with E-state index in [0.717, 1.165) is 35.1 Å². The summed E-state index contributed by atoms with van der Waals surface area (Å²) in [6.07, 6.45) is 1.87. The number of nitrogens with zero attached hydrogens (tertiary/aromatic N) is 6. The van der Waals surface area contributed by atoms with E-state index in [-0.39, 0.29) is 6.61 Å². The van der Waals surface area contributed by atoms with Gasteiger partial charge < -0.3 is 14.6 Å². The smallest absolute Gasteiger partial charge is 0.240 e. The maximum atomic E-state index is 6.15. The molecule has 0 aliphatic carbocycles. The van der Waals surface area contributed by atoms with Crippen LogP contribution in [0.15, 0.2) is 83.5 Å². The highest BCUT2D eigenvalue weighted by Gasteiger charge is 2.18. The Kier molecular flexibility index (Phi) is 5.80. The van der Waals surface area contributed by atoms with Crippen molar-refractivity contribution >= 4 is 16.4 Å². The van der Waals surface area contributed by atoms with E-state index in [1.807, 2.05) is 61.7 Å². The van der Waals surface area contributed by atoms with Gasteiger partial charge in [-0.05, 0) is 30.2 Å². The number of fused-ring (bicyclic) bond motifs is 3. The van der Waals surface area contributed by atoms with Gasteiger partial charge in [-0.3, -0.25) is 4.98 Å². The van der Waals surface area contributed by atoms with Gasteiger partial charge in [0, 0.05) is 36.1 Å². The molecule has 0 fully saturated rings. The van der Waals surface area contributed by atoms with Crippen LogP contribution in [0.2, 0.25) is 0 Å². The Bertz CT molecular complexity index is 1630. The van der Waals surface area contributed by atoms with Crippen LogP contribution < -0.4 is 10.1 Å². The lowest BCUT2D eigenvalue weighted by atomic mass is 10.2. The van der Waals surface area contributed by atoms with E-state index in [2.05, 4.69) is 43.9 Å². The standard InChI is InChI=1S/C27H23N7O2/c1-18-13-24(33-36-18)26-31-30-25-22-9-5-6-10-23(22)27(32-34(25)26)35-17-21-12-11-20(16-29-21)15-28-14-19-7-3-2-4-8-19/h2-13,16,28H,14-15,17H2,1H3. The number of benzene rings is 2. The van der Waals surface area contributed by atoms with Crippen molar-refractivity contribution < 1.29 is 9.26 Å². The second kappa shape index (κ2) is 9.55. The van der Waals surface area contributed by atoms with E-state index in [0.29, 0.717) is 28.8 Å². The van der Waals surface area contributed by atoms with Crippen LogP contribution in [-0.2, 0) is 19.7 Å². The zero-order chi connectivity index (χ0) is 24.3. The zero-order valence-electron chi connectivity index (χ0n) is 19.6. The number of aromatic nitrogens is 6. The van der Waals surface area contributed by atoms with Gasteiger partial charge >= 0.3 is 0 Å². The average molecular weight is 478 g/mol. The summed E-state index contributed by atoms with van der Waals surface area (Å²) in [5.41, 5.74) is 4.36. The number of pyridine rings is 1. The third-order valence-corrected chi connectivity index (χ3v) is 5.83. The Morgan fingerprint density at radius 1 is 0.889 bits per heavy atom. The lowest BCUT2D eigenvalue weighted by Crippen LogP contribution is -2.13. The van der Waals surface area contributed by atoms with E-state index in [1.165, 1.54) is 5.56 Å². The minimum absolute atomic E-state index is 0.279. The first-order chi connectivity index (χ1) is 17.7.